The Morgan fingerprint density at radius 2 is 2.45 bits per heavy atom. The molecule has 0 saturated carbocycles. The van der Waals surface area contributed by atoms with Gasteiger partial charge in [0.05, 0.1) is 0 Å². The molecule has 0 aromatic heterocycles. The number of hydrogen-bond acceptors (Lipinski definition) is 4. The van der Waals surface area contributed by atoms with Crippen LogP contribution < -0.4 is 5.32 Å². The number of carbonyl (C=O) groups excluding carboxylic acids is 1. The van der Waals surface area contributed by atoms with Gasteiger partial charge in [0.25, 0.3) is 0 Å². The van der Waals surface area contributed by atoms with Crippen molar-refractivity contribution in [1.82, 2.24) is 10.2 Å². The third-order valence-corrected chi connectivity index (χ3v) is 1.77. The van der Waals surface area contributed by atoms with Crippen molar-refractivity contribution >= 4 is 5.91 Å². The summed E-state index contributed by atoms with van der Waals surface area (Å²) >= 11 is 0. The first-order valence-electron chi connectivity index (χ1n) is 3.53. The van der Waals surface area contributed by atoms with E-state index >= 15 is 0 Å². The van der Waals surface area contributed by atoms with Gasteiger partial charge in [-0.05, 0) is 7.05 Å². The van der Waals surface area contributed by atoms with Gasteiger partial charge in [-0.25, -0.2) is 0 Å². The fourth-order valence-corrected chi connectivity index (χ4v) is 1.13. The Kier molecular flexibility index (Phi) is 2.67. The van der Waals surface area contributed by atoms with Gasteiger partial charge in [0, 0.05) is 24.8 Å². The fourth-order valence-electron chi connectivity index (χ4n) is 1.13. The average molecular weight is 157 g/mol. The minimum atomic E-state index is -0.600. The fraction of sp³-hybridized carbons (Fsp3) is 0.833. The molecule has 62 valence electrons. The second kappa shape index (κ2) is 3.54. The van der Waals surface area contributed by atoms with Gasteiger partial charge in [0.15, 0.2) is 0 Å². The number of carbonyl (C=O) groups is 1. The Morgan fingerprint density at radius 1 is 1.73 bits per heavy atom. The van der Waals surface area contributed by atoms with E-state index in [2.05, 4.69) is 10.5 Å². The number of rotatable bonds is 1. The zero-order valence-corrected chi connectivity index (χ0v) is 6.41. The molecule has 11 heavy (non-hydrogen) atoms. The molecule has 1 heterocycles. The summed E-state index contributed by atoms with van der Waals surface area (Å²) in [7, 11) is 1.91. The van der Waals surface area contributed by atoms with Crippen molar-refractivity contribution in [2.45, 2.75) is 6.04 Å². The minimum Gasteiger partial charge on any atom is -0.303 e. The van der Waals surface area contributed by atoms with Crippen LogP contribution in [0.1, 0.15) is 0 Å². The van der Waals surface area contributed by atoms with E-state index in [4.69, 9.17) is 0 Å². The molecule has 1 aliphatic rings. The van der Waals surface area contributed by atoms with Crippen LogP contribution in [0.3, 0.4) is 0 Å². The zero-order valence-electron chi connectivity index (χ0n) is 6.41. The molecule has 0 aromatic carbocycles. The van der Waals surface area contributed by atoms with Crippen LogP contribution in [0.25, 0.3) is 0 Å². The first-order valence-corrected chi connectivity index (χ1v) is 3.53. The molecule has 1 unspecified atom stereocenters. The van der Waals surface area contributed by atoms with Gasteiger partial charge in [0.2, 0.25) is 0 Å². The molecular formula is C6H11N3O2. The van der Waals surface area contributed by atoms with E-state index in [1.807, 2.05) is 11.9 Å². The standard InChI is InChI=1S/C6H11N3O2/c1-9-3-2-7-5(4-9)6(10)8-11/h5,7H,2-4H2,1H3. The predicted molar refractivity (Wildman–Crippen MR) is 40.1 cm³/mol. The van der Waals surface area contributed by atoms with Crippen molar-refractivity contribution in [2.24, 2.45) is 5.18 Å². The van der Waals surface area contributed by atoms with E-state index in [1.54, 1.807) is 0 Å². The topological polar surface area (TPSA) is 61.8 Å². The SMILES string of the molecule is CN1CCNC(C(=O)N=O)C1. The summed E-state index contributed by atoms with van der Waals surface area (Å²) in [6.07, 6.45) is 0. The second-order valence-electron chi connectivity index (χ2n) is 2.70. The lowest BCUT2D eigenvalue weighted by Gasteiger charge is -2.27. The maximum atomic E-state index is 10.7. The summed E-state index contributed by atoms with van der Waals surface area (Å²) in [6, 6.07) is -0.397. The molecule has 0 radical (unpaired) electrons. The molecule has 1 saturated heterocycles. The number of nitroso groups, excluding NO2 is 1. The second-order valence-corrected chi connectivity index (χ2v) is 2.70. The maximum absolute atomic E-state index is 10.7. The van der Waals surface area contributed by atoms with E-state index in [-0.39, 0.29) is 0 Å². The Morgan fingerprint density at radius 3 is 3.00 bits per heavy atom. The molecule has 5 nitrogen and oxygen atoms in total. The molecule has 0 spiro atoms. The normalized spacial score (nSPS) is 26.5. The summed E-state index contributed by atoms with van der Waals surface area (Å²) in [4.78, 5) is 22.6. The number of likely N-dealkylation sites (N-methyl/N-ethyl adjacent to an activating group) is 1. The van der Waals surface area contributed by atoms with Crippen molar-refractivity contribution < 1.29 is 4.79 Å². The Bertz CT molecular complexity index is 171. The van der Waals surface area contributed by atoms with Crippen molar-refractivity contribution in [3.8, 4) is 0 Å². The predicted octanol–water partition coefficient (Wildman–Crippen LogP) is -0.817. The van der Waals surface area contributed by atoms with Crippen LogP contribution in [0.5, 0.6) is 0 Å². The van der Waals surface area contributed by atoms with Gasteiger partial charge < -0.3 is 10.2 Å². The molecule has 0 bridgehead atoms. The van der Waals surface area contributed by atoms with E-state index in [0.29, 0.717) is 6.54 Å². The molecule has 1 amide bonds. The van der Waals surface area contributed by atoms with E-state index in [1.165, 1.54) is 0 Å². The molecule has 0 aromatic rings. The van der Waals surface area contributed by atoms with Crippen LogP contribution in [-0.2, 0) is 4.79 Å². The lowest BCUT2D eigenvalue weighted by atomic mass is 10.2. The highest BCUT2D eigenvalue weighted by atomic mass is 16.3. The van der Waals surface area contributed by atoms with Crippen LogP contribution in [0.4, 0.5) is 0 Å². The summed E-state index contributed by atoms with van der Waals surface area (Å²) in [5.74, 6) is -0.600. The van der Waals surface area contributed by atoms with Gasteiger partial charge >= 0.3 is 5.91 Å². The first-order chi connectivity index (χ1) is 5.24. The average Bonchev–Trinajstić information content (AvgIpc) is 2.03. The zero-order chi connectivity index (χ0) is 8.27. The third kappa shape index (κ3) is 2.06. The summed E-state index contributed by atoms with van der Waals surface area (Å²) < 4.78 is 0. The van der Waals surface area contributed by atoms with Gasteiger partial charge in [-0.2, -0.15) is 0 Å². The van der Waals surface area contributed by atoms with E-state index in [0.717, 1.165) is 13.1 Å². The maximum Gasteiger partial charge on any atom is 0.304 e. The molecule has 1 atom stereocenters. The van der Waals surface area contributed by atoms with Gasteiger partial charge in [-0.1, -0.05) is 0 Å². The Labute approximate surface area is 64.7 Å². The van der Waals surface area contributed by atoms with Crippen molar-refractivity contribution in [2.75, 3.05) is 26.7 Å². The Balaban J connectivity index is 2.45. The molecule has 1 N–H and O–H groups in total. The van der Waals surface area contributed by atoms with Crippen LogP contribution in [0, 0.1) is 4.91 Å². The molecule has 1 aliphatic heterocycles. The van der Waals surface area contributed by atoms with Crippen LogP contribution >= 0.6 is 0 Å². The highest BCUT2D eigenvalue weighted by molar-refractivity contribution is 5.82. The molecule has 1 rings (SSSR count). The largest absolute Gasteiger partial charge is 0.304 e. The quantitative estimate of drug-likeness (QED) is 0.505. The Hall–Kier alpha value is -0.810. The smallest absolute Gasteiger partial charge is 0.303 e. The van der Waals surface area contributed by atoms with Crippen LogP contribution in [0.15, 0.2) is 5.18 Å². The van der Waals surface area contributed by atoms with Gasteiger partial charge in [0.1, 0.15) is 6.04 Å². The highest BCUT2D eigenvalue weighted by Crippen LogP contribution is 1.97. The first kappa shape index (κ1) is 8.29. The van der Waals surface area contributed by atoms with Crippen molar-refractivity contribution in [3.05, 3.63) is 4.91 Å². The van der Waals surface area contributed by atoms with Crippen LogP contribution in [0.2, 0.25) is 0 Å². The lowest BCUT2D eigenvalue weighted by molar-refractivity contribution is -0.120. The highest BCUT2D eigenvalue weighted by Gasteiger charge is 2.23. The molecular weight excluding hydrogens is 146 g/mol. The summed E-state index contributed by atoms with van der Waals surface area (Å²) in [5, 5.41) is 5.28. The van der Waals surface area contributed by atoms with Gasteiger partial charge in [-0.15, -0.1) is 4.91 Å². The van der Waals surface area contributed by atoms with Crippen LogP contribution in [-0.4, -0.2) is 43.5 Å². The van der Waals surface area contributed by atoms with E-state index in [9.17, 15) is 9.70 Å². The molecule has 1 fully saturated rings. The number of nitrogens with one attached hydrogen (secondary N) is 1. The molecule has 5 heteroatoms. The number of nitrogens with zero attached hydrogens (tertiary/aromatic N) is 2. The lowest BCUT2D eigenvalue weighted by Crippen LogP contribution is -2.52. The number of piperazine rings is 1. The van der Waals surface area contributed by atoms with Gasteiger partial charge in [-0.3, -0.25) is 4.79 Å². The van der Waals surface area contributed by atoms with E-state index < -0.39 is 11.9 Å². The number of amides is 1. The summed E-state index contributed by atoms with van der Waals surface area (Å²) in [6.45, 7) is 2.22. The summed E-state index contributed by atoms with van der Waals surface area (Å²) in [5.41, 5.74) is 0. The number of hydrogen-bond donors (Lipinski definition) is 1. The minimum absolute atomic E-state index is 0.397. The van der Waals surface area contributed by atoms with Crippen molar-refractivity contribution in [1.29, 1.82) is 0 Å². The van der Waals surface area contributed by atoms with Crippen molar-refractivity contribution in [3.63, 3.8) is 0 Å². The third-order valence-electron chi connectivity index (χ3n) is 1.77. The molecule has 0 aliphatic carbocycles. The monoisotopic (exact) mass is 157 g/mol.